The maximum absolute atomic E-state index is 5.92. The predicted molar refractivity (Wildman–Crippen MR) is 86.4 cm³/mol. The molecule has 0 amide bonds. The van der Waals surface area contributed by atoms with Crippen LogP contribution in [0, 0.1) is 0 Å². The third-order valence-electron chi connectivity index (χ3n) is 4.95. The first-order chi connectivity index (χ1) is 10.2. The summed E-state index contributed by atoms with van der Waals surface area (Å²) in [5, 5.41) is 0. The normalized spacial score (nSPS) is 24.9. The van der Waals surface area contributed by atoms with Crippen molar-refractivity contribution < 1.29 is 9.47 Å². The Morgan fingerprint density at radius 2 is 1.05 bits per heavy atom. The highest BCUT2D eigenvalue weighted by atomic mass is 35.5. The minimum Gasteiger partial charge on any atom is -0.353 e. The summed E-state index contributed by atoms with van der Waals surface area (Å²) in [7, 11) is 0. The van der Waals surface area contributed by atoms with Gasteiger partial charge in [0.15, 0.2) is 0 Å². The first kappa shape index (κ1) is 17.8. The van der Waals surface area contributed by atoms with Gasteiger partial charge in [-0.15, -0.1) is 0 Å². The molecule has 0 radical (unpaired) electrons. The summed E-state index contributed by atoms with van der Waals surface area (Å²) < 4.78 is 11.4. The Kier molecular flexibility index (Phi) is 7.53. The Morgan fingerprint density at radius 3 is 1.38 bits per heavy atom. The second-order valence-corrected chi connectivity index (χ2v) is 7.06. The number of rotatable bonds is 8. The van der Waals surface area contributed by atoms with E-state index >= 15 is 0 Å². The third kappa shape index (κ3) is 5.22. The van der Waals surface area contributed by atoms with Gasteiger partial charge < -0.3 is 9.47 Å². The van der Waals surface area contributed by atoms with E-state index in [0.717, 1.165) is 25.7 Å². The van der Waals surface area contributed by atoms with Gasteiger partial charge in [0.25, 0.3) is 0 Å². The molecule has 0 unspecified atom stereocenters. The zero-order valence-electron chi connectivity index (χ0n) is 12.8. The lowest BCUT2D eigenvalue weighted by Gasteiger charge is -2.36. The van der Waals surface area contributed by atoms with Gasteiger partial charge in [-0.05, 0) is 49.2 Å². The van der Waals surface area contributed by atoms with E-state index in [1.165, 1.54) is 38.5 Å². The fraction of sp³-hybridized carbons (Fsp3) is 1.00. The van der Waals surface area contributed by atoms with Crippen molar-refractivity contribution in [1.29, 1.82) is 0 Å². The molecule has 0 bridgehead atoms. The zero-order chi connectivity index (χ0) is 15.0. The maximum atomic E-state index is 5.92. The van der Waals surface area contributed by atoms with E-state index < -0.39 is 0 Å². The molecule has 21 heavy (non-hydrogen) atoms. The molecule has 0 aliphatic heterocycles. The predicted octanol–water partition coefficient (Wildman–Crippen LogP) is 3.87. The van der Waals surface area contributed by atoms with Gasteiger partial charge in [-0.3, -0.25) is 0 Å². The summed E-state index contributed by atoms with van der Waals surface area (Å²) in [6.45, 7) is 1.52. The quantitative estimate of drug-likeness (QED) is 0.400. The molecule has 124 valence electrons. The molecule has 2 aliphatic carbocycles. The number of halogens is 2. The fourth-order valence-electron chi connectivity index (χ4n) is 3.52. The molecule has 0 aromatic carbocycles. The average molecular weight is 339 g/mol. The van der Waals surface area contributed by atoms with E-state index in [2.05, 4.69) is 9.67 Å². The molecule has 2 saturated carbocycles. The van der Waals surface area contributed by atoms with Gasteiger partial charge in [0, 0.05) is 0 Å². The second-order valence-electron chi connectivity index (χ2n) is 6.69. The summed E-state index contributed by atoms with van der Waals surface area (Å²) in [5.41, 5.74) is -0.146. The van der Waals surface area contributed by atoms with Crippen LogP contribution in [0.2, 0.25) is 0 Å². The largest absolute Gasteiger partial charge is 0.353 e. The van der Waals surface area contributed by atoms with Crippen molar-refractivity contribution in [3.05, 3.63) is 0 Å². The summed E-state index contributed by atoms with van der Waals surface area (Å²) >= 11 is 11.8. The van der Waals surface area contributed by atoms with Crippen LogP contribution in [0.15, 0.2) is 0 Å². The van der Waals surface area contributed by atoms with Gasteiger partial charge in [-0.25, -0.2) is 9.67 Å². The van der Waals surface area contributed by atoms with Crippen molar-refractivity contribution in [2.75, 3.05) is 20.0 Å². The molecule has 2 N–H and O–H groups in total. The number of hydrogen-bond donors (Lipinski definition) is 2. The first-order valence-corrected chi connectivity index (χ1v) is 8.91. The van der Waals surface area contributed by atoms with Crippen LogP contribution in [0.1, 0.15) is 64.2 Å². The summed E-state index contributed by atoms with van der Waals surface area (Å²) in [6, 6.07) is 0. The van der Waals surface area contributed by atoms with Crippen LogP contribution >= 0.6 is 23.6 Å². The van der Waals surface area contributed by atoms with Crippen molar-refractivity contribution in [2.45, 2.75) is 75.3 Å². The molecule has 2 rings (SSSR count). The Morgan fingerprint density at radius 1 is 0.667 bits per heavy atom. The van der Waals surface area contributed by atoms with Gasteiger partial charge in [-0.1, -0.05) is 38.5 Å². The lowest BCUT2D eigenvalue weighted by Crippen LogP contribution is -2.47. The fourth-order valence-corrected chi connectivity index (χ4v) is 4.01. The van der Waals surface area contributed by atoms with Crippen molar-refractivity contribution >= 4 is 23.6 Å². The first-order valence-electron chi connectivity index (χ1n) is 8.15. The van der Waals surface area contributed by atoms with Crippen LogP contribution in [0.5, 0.6) is 0 Å². The second kappa shape index (κ2) is 8.90. The Balaban J connectivity index is 1.64. The highest BCUT2D eigenvalue weighted by molar-refractivity contribution is 6.14. The van der Waals surface area contributed by atoms with Crippen LogP contribution in [0.25, 0.3) is 0 Å². The van der Waals surface area contributed by atoms with Crippen LogP contribution in [0.3, 0.4) is 0 Å². The summed E-state index contributed by atoms with van der Waals surface area (Å²) in [5.74, 6) is 0. The molecular formula is C15H28Cl2N2O2. The van der Waals surface area contributed by atoms with E-state index in [-0.39, 0.29) is 11.1 Å². The molecule has 0 aromatic heterocycles. The van der Waals surface area contributed by atoms with E-state index in [9.17, 15) is 0 Å². The van der Waals surface area contributed by atoms with Crippen molar-refractivity contribution in [2.24, 2.45) is 0 Å². The molecule has 0 spiro atoms. The molecule has 4 nitrogen and oxygen atoms in total. The monoisotopic (exact) mass is 338 g/mol. The molecule has 0 saturated heterocycles. The van der Waals surface area contributed by atoms with Gasteiger partial charge >= 0.3 is 0 Å². The van der Waals surface area contributed by atoms with E-state index in [1.54, 1.807) is 0 Å². The molecule has 2 fully saturated rings. The molecule has 0 heterocycles. The van der Waals surface area contributed by atoms with Crippen LogP contribution in [-0.4, -0.2) is 31.1 Å². The lowest BCUT2D eigenvalue weighted by molar-refractivity contribution is -0.0905. The molecule has 0 aromatic rings. The van der Waals surface area contributed by atoms with Gasteiger partial charge in [0.1, 0.15) is 6.79 Å². The van der Waals surface area contributed by atoms with Gasteiger partial charge in [0.2, 0.25) is 0 Å². The standard InChI is InChI=1S/C15H28Cl2N2O2/c16-18-14(7-3-1-4-8-14)11-20-13-21-12-15(19-17)9-5-2-6-10-15/h18-19H,1-13H2. The number of ether oxygens (including phenoxy) is 2. The molecule has 0 atom stereocenters. The van der Waals surface area contributed by atoms with Crippen molar-refractivity contribution in [1.82, 2.24) is 9.67 Å². The van der Waals surface area contributed by atoms with E-state index in [0.29, 0.717) is 20.0 Å². The average Bonchev–Trinajstić information content (AvgIpc) is 2.56. The van der Waals surface area contributed by atoms with Crippen molar-refractivity contribution in [3.8, 4) is 0 Å². The topological polar surface area (TPSA) is 42.5 Å². The molecule has 2 aliphatic rings. The lowest BCUT2D eigenvalue weighted by atomic mass is 9.83. The third-order valence-corrected chi connectivity index (χ3v) is 5.75. The minimum atomic E-state index is -0.0730. The van der Waals surface area contributed by atoms with E-state index in [1.807, 2.05) is 0 Å². The molecule has 6 heteroatoms. The zero-order valence-corrected chi connectivity index (χ0v) is 14.3. The summed E-state index contributed by atoms with van der Waals surface area (Å²) in [4.78, 5) is 5.87. The Hall–Kier alpha value is 0.420. The van der Waals surface area contributed by atoms with Crippen LogP contribution in [0.4, 0.5) is 0 Å². The van der Waals surface area contributed by atoms with Crippen LogP contribution in [-0.2, 0) is 9.47 Å². The highest BCUT2D eigenvalue weighted by Crippen LogP contribution is 2.30. The minimum absolute atomic E-state index is 0.0730. The number of nitrogens with one attached hydrogen (secondary N) is 2. The van der Waals surface area contributed by atoms with Gasteiger partial charge in [-0.2, -0.15) is 0 Å². The Bertz CT molecular complexity index is 265. The summed E-state index contributed by atoms with van der Waals surface area (Å²) in [6.07, 6.45) is 11.7. The SMILES string of the molecule is ClNC1(COCOCC2(NCl)CCCCC2)CCCCC1. The number of hydrogen-bond acceptors (Lipinski definition) is 4. The van der Waals surface area contributed by atoms with Crippen molar-refractivity contribution in [3.63, 3.8) is 0 Å². The van der Waals surface area contributed by atoms with Gasteiger partial charge in [0.05, 0.1) is 24.3 Å². The highest BCUT2D eigenvalue weighted by Gasteiger charge is 2.33. The maximum Gasteiger partial charge on any atom is 0.146 e. The molecular weight excluding hydrogens is 311 g/mol. The Labute approximate surface area is 138 Å². The van der Waals surface area contributed by atoms with E-state index in [4.69, 9.17) is 33.0 Å². The van der Waals surface area contributed by atoms with Crippen LogP contribution < -0.4 is 9.67 Å². The smallest absolute Gasteiger partial charge is 0.146 e.